The third-order valence-corrected chi connectivity index (χ3v) is 5.99. The summed E-state index contributed by atoms with van der Waals surface area (Å²) in [7, 11) is 0. The van der Waals surface area contributed by atoms with Crippen molar-refractivity contribution < 1.29 is 4.42 Å². The van der Waals surface area contributed by atoms with Gasteiger partial charge in [0, 0.05) is 21.8 Å². The van der Waals surface area contributed by atoms with Crippen molar-refractivity contribution in [3.05, 3.63) is 125 Å². The Balaban J connectivity index is 1.62. The van der Waals surface area contributed by atoms with Crippen molar-refractivity contribution in [1.29, 1.82) is 5.26 Å². The van der Waals surface area contributed by atoms with Gasteiger partial charge in [-0.25, -0.2) is 4.99 Å². The van der Waals surface area contributed by atoms with Gasteiger partial charge in [0.05, 0.1) is 0 Å². The number of nitrogens with zero attached hydrogens (tertiary/aromatic N) is 2. The lowest BCUT2D eigenvalue weighted by molar-refractivity contribution is 0.593. The molecule has 0 aliphatic heterocycles. The molecule has 0 aliphatic rings. The van der Waals surface area contributed by atoms with Crippen molar-refractivity contribution in [3.8, 4) is 39.6 Å². The fraction of sp³-hybridized carbons (Fsp3) is 0. The SMILES string of the molecule is N#Cc1c(N=Cc2cccc(Br)c2)oc(-c2ccc(-c3ccccc3)cc2)c1-c1ccccc1. The molecular weight excluding hydrogens is 484 g/mol. The highest BCUT2D eigenvalue weighted by atomic mass is 79.9. The number of nitriles is 1. The van der Waals surface area contributed by atoms with Crippen LogP contribution in [0.25, 0.3) is 33.6 Å². The summed E-state index contributed by atoms with van der Waals surface area (Å²) in [6.07, 6.45) is 1.71. The smallest absolute Gasteiger partial charge is 0.238 e. The van der Waals surface area contributed by atoms with Gasteiger partial charge in [0.1, 0.15) is 17.4 Å². The van der Waals surface area contributed by atoms with Gasteiger partial charge in [0.25, 0.3) is 0 Å². The maximum atomic E-state index is 10.1. The molecule has 3 nitrogen and oxygen atoms in total. The third-order valence-electron chi connectivity index (χ3n) is 5.50. The Morgan fingerprint density at radius 3 is 1.97 bits per heavy atom. The van der Waals surface area contributed by atoms with E-state index in [0.29, 0.717) is 17.2 Å². The average molecular weight is 503 g/mol. The van der Waals surface area contributed by atoms with Crippen molar-refractivity contribution >= 4 is 28.0 Å². The molecule has 4 aromatic carbocycles. The summed E-state index contributed by atoms with van der Waals surface area (Å²) in [5, 5.41) is 10.1. The molecule has 4 heteroatoms. The van der Waals surface area contributed by atoms with E-state index >= 15 is 0 Å². The van der Waals surface area contributed by atoms with E-state index in [1.54, 1.807) is 6.21 Å². The lowest BCUT2D eigenvalue weighted by Gasteiger charge is -2.06. The lowest BCUT2D eigenvalue weighted by atomic mass is 9.97. The number of hydrogen-bond donors (Lipinski definition) is 0. The van der Waals surface area contributed by atoms with E-state index in [1.165, 1.54) is 0 Å². The van der Waals surface area contributed by atoms with Crippen LogP contribution in [-0.2, 0) is 0 Å². The van der Waals surface area contributed by atoms with Crippen LogP contribution in [0.2, 0.25) is 0 Å². The predicted octanol–water partition coefficient (Wildman–Crippen LogP) is 8.67. The van der Waals surface area contributed by atoms with E-state index in [4.69, 9.17) is 4.42 Å². The van der Waals surface area contributed by atoms with Crippen molar-refractivity contribution in [1.82, 2.24) is 0 Å². The first kappa shape index (κ1) is 21.6. The highest BCUT2D eigenvalue weighted by Gasteiger charge is 2.22. The molecule has 0 N–H and O–H groups in total. The van der Waals surface area contributed by atoms with Gasteiger partial charge in [-0.05, 0) is 34.4 Å². The first-order chi connectivity index (χ1) is 16.7. The molecule has 0 spiro atoms. The minimum Gasteiger partial charge on any atom is -0.436 e. The molecule has 1 aromatic heterocycles. The normalized spacial score (nSPS) is 10.9. The molecule has 0 fully saturated rings. The molecule has 1 heterocycles. The van der Waals surface area contributed by atoms with Gasteiger partial charge >= 0.3 is 0 Å². The summed E-state index contributed by atoms with van der Waals surface area (Å²) >= 11 is 3.48. The number of hydrogen-bond acceptors (Lipinski definition) is 3. The van der Waals surface area contributed by atoms with Crippen LogP contribution < -0.4 is 0 Å². The van der Waals surface area contributed by atoms with Gasteiger partial charge < -0.3 is 4.42 Å². The minimum absolute atomic E-state index is 0.295. The van der Waals surface area contributed by atoms with Gasteiger partial charge in [-0.1, -0.05) is 113 Å². The highest BCUT2D eigenvalue weighted by Crippen LogP contribution is 2.42. The Bertz CT molecular complexity index is 1500. The number of benzene rings is 4. The van der Waals surface area contributed by atoms with E-state index in [0.717, 1.165) is 37.9 Å². The lowest BCUT2D eigenvalue weighted by Crippen LogP contribution is -1.84. The van der Waals surface area contributed by atoms with E-state index in [1.807, 2.05) is 84.9 Å². The van der Waals surface area contributed by atoms with Gasteiger partial charge in [-0.2, -0.15) is 5.26 Å². The van der Waals surface area contributed by atoms with E-state index in [-0.39, 0.29) is 0 Å². The van der Waals surface area contributed by atoms with Crippen molar-refractivity contribution in [2.75, 3.05) is 0 Å². The molecule has 0 amide bonds. The van der Waals surface area contributed by atoms with Crippen LogP contribution in [-0.4, -0.2) is 6.21 Å². The molecule has 0 radical (unpaired) electrons. The van der Waals surface area contributed by atoms with Crippen LogP contribution in [0.5, 0.6) is 0 Å². The van der Waals surface area contributed by atoms with Gasteiger partial charge in [-0.3, -0.25) is 0 Å². The summed E-state index contributed by atoms with van der Waals surface area (Å²) in [4.78, 5) is 4.55. The van der Waals surface area contributed by atoms with Crippen molar-refractivity contribution in [2.45, 2.75) is 0 Å². The topological polar surface area (TPSA) is 49.3 Å². The number of halogens is 1. The second kappa shape index (κ2) is 9.74. The Morgan fingerprint density at radius 1 is 0.706 bits per heavy atom. The zero-order valence-electron chi connectivity index (χ0n) is 18.2. The van der Waals surface area contributed by atoms with Gasteiger partial charge in [-0.15, -0.1) is 0 Å². The number of rotatable bonds is 5. The van der Waals surface area contributed by atoms with E-state index in [9.17, 15) is 5.26 Å². The molecule has 0 aliphatic carbocycles. The van der Waals surface area contributed by atoms with Crippen LogP contribution in [0, 0.1) is 11.3 Å². The van der Waals surface area contributed by atoms with Crippen LogP contribution in [0.4, 0.5) is 5.88 Å². The zero-order valence-corrected chi connectivity index (χ0v) is 19.7. The fourth-order valence-corrected chi connectivity index (χ4v) is 4.28. The summed E-state index contributed by atoms with van der Waals surface area (Å²) in [6, 6.07) is 38.4. The fourth-order valence-electron chi connectivity index (χ4n) is 3.86. The molecule has 34 heavy (non-hydrogen) atoms. The molecule has 0 bridgehead atoms. The molecule has 5 aromatic rings. The highest BCUT2D eigenvalue weighted by molar-refractivity contribution is 9.10. The summed E-state index contributed by atoms with van der Waals surface area (Å²) in [6.45, 7) is 0. The molecular formula is C30H19BrN2O. The molecule has 0 saturated heterocycles. The van der Waals surface area contributed by atoms with Gasteiger partial charge in [0.2, 0.25) is 5.88 Å². The zero-order chi connectivity index (χ0) is 23.3. The minimum atomic E-state index is 0.295. The molecule has 162 valence electrons. The Labute approximate surface area is 206 Å². The van der Waals surface area contributed by atoms with Crippen molar-refractivity contribution in [3.63, 3.8) is 0 Å². The second-order valence-electron chi connectivity index (χ2n) is 7.72. The van der Waals surface area contributed by atoms with Crippen LogP contribution in [0.3, 0.4) is 0 Å². The molecule has 0 atom stereocenters. The first-order valence-corrected chi connectivity index (χ1v) is 11.6. The van der Waals surface area contributed by atoms with E-state index < -0.39 is 0 Å². The van der Waals surface area contributed by atoms with Gasteiger partial charge in [0.15, 0.2) is 0 Å². The maximum absolute atomic E-state index is 10.1. The van der Waals surface area contributed by atoms with Crippen LogP contribution in [0.15, 0.2) is 123 Å². The first-order valence-electron chi connectivity index (χ1n) is 10.8. The summed E-state index contributed by atoms with van der Waals surface area (Å²) in [5.41, 5.74) is 6.13. The Morgan fingerprint density at radius 2 is 1.32 bits per heavy atom. The largest absolute Gasteiger partial charge is 0.436 e. The Hall–Kier alpha value is -4.20. The van der Waals surface area contributed by atoms with Crippen LogP contribution in [0.1, 0.15) is 11.1 Å². The second-order valence-corrected chi connectivity index (χ2v) is 8.64. The molecule has 0 saturated carbocycles. The van der Waals surface area contributed by atoms with Crippen molar-refractivity contribution in [2.24, 2.45) is 4.99 Å². The van der Waals surface area contributed by atoms with E-state index in [2.05, 4.69) is 51.3 Å². The number of furan rings is 1. The quantitative estimate of drug-likeness (QED) is 0.225. The Kier molecular flexibility index (Phi) is 6.20. The third kappa shape index (κ3) is 4.47. The summed E-state index contributed by atoms with van der Waals surface area (Å²) < 4.78 is 7.20. The maximum Gasteiger partial charge on any atom is 0.238 e. The molecule has 0 unspecified atom stereocenters. The molecule has 5 rings (SSSR count). The number of aliphatic imine (C=N–C) groups is 1. The average Bonchev–Trinajstić information content (AvgIpc) is 3.27. The summed E-state index contributed by atoms with van der Waals surface area (Å²) in [5.74, 6) is 0.923. The monoisotopic (exact) mass is 502 g/mol. The van der Waals surface area contributed by atoms with Crippen LogP contribution >= 0.6 is 15.9 Å². The standard InChI is InChI=1S/C30H19BrN2O/c31-26-13-7-8-21(18-26)20-33-30-27(19-32)28(24-11-5-2-6-12-24)29(34-30)25-16-14-23(15-17-25)22-9-3-1-4-10-22/h1-18,20H. The predicted molar refractivity (Wildman–Crippen MR) is 141 cm³/mol.